The van der Waals surface area contributed by atoms with Crippen LogP contribution in [0, 0.1) is 0 Å². The molecule has 0 amide bonds. The molecule has 1 aliphatic heterocycles. The summed E-state index contributed by atoms with van der Waals surface area (Å²) in [5.74, 6) is 1.14. The minimum Gasteiger partial charge on any atom is -0.266 e. The van der Waals surface area contributed by atoms with Crippen LogP contribution in [0.1, 0.15) is 0 Å². The van der Waals surface area contributed by atoms with E-state index in [0.717, 1.165) is 11.4 Å². The Hall–Kier alpha value is -3.02. The van der Waals surface area contributed by atoms with E-state index in [0.29, 0.717) is 11.9 Å². The molecule has 1 saturated heterocycles. The standard InChI is InChI=1S/C14H14N6/c1-3-7-11(8-4-1)15-13-17-19-14(20-18-13)16-12-9-5-2-6-10-12/h1-10H,(H2,15,17,18)(H2,16,19,20). The first-order valence-electron chi connectivity index (χ1n) is 6.22. The van der Waals surface area contributed by atoms with Crippen LogP contribution in [0.25, 0.3) is 0 Å². The zero-order valence-corrected chi connectivity index (χ0v) is 10.7. The summed E-state index contributed by atoms with van der Waals surface area (Å²) in [5, 5.41) is 0. The molecule has 1 aliphatic rings. The van der Waals surface area contributed by atoms with Gasteiger partial charge in [-0.25, -0.2) is 9.98 Å². The molecule has 0 saturated carbocycles. The first kappa shape index (κ1) is 12.0. The molecule has 1 heterocycles. The molecule has 0 atom stereocenters. The quantitative estimate of drug-likeness (QED) is 0.665. The van der Waals surface area contributed by atoms with Crippen molar-refractivity contribution in [2.24, 2.45) is 9.98 Å². The van der Waals surface area contributed by atoms with Gasteiger partial charge in [-0.2, -0.15) is 0 Å². The second kappa shape index (κ2) is 5.75. The van der Waals surface area contributed by atoms with Crippen molar-refractivity contribution in [1.29, 1.82) is 0 Å². The molecular weight excluding hydrogens is 252 g/mol. The molecule has 1 fully saturated rings. The summed E-state index contributed by atoms with van der Waals surface area (Å²) in [6, 6.07) is 19.3. The van der Waals surface area contributed by atoms with Crippen LogP contribution in [0.2, 0.25) is 0 Å². The first-order chi connectivity index (χ1) is 9.90. The molecule has 100 valence electrons. The monoisotopic (exact) mass is 266 g/mol. The third kappa shape index (κ3) is 3.05. The minimum atomic E-state index is 0.572. The van der Waals surface area contributed by atoms with E-state index < -0.39 is 0 Å². The molecule has 2 aromatic rings. The van der Waals surface area contributed by atoms with E-state index in [1.54, 1.807) is 0 Å². The Morgan fingerprint density at radius 3 is 1.20 bits per heavy atom. The van der Waals surface area contributed by atoms with Gasteiger partial charge in [0.15, 0.2) is 0 Å². The van der Waals surface area contributed by atoms with Crippen LogP contribution < -0.4 is 21.7 Å². The summed E-state index contributed by atoms with van der Waals surface area (Å²) < 4.78 is 0. The Balaban J connectivity index is 1.65. The average Bonchev–Trinajstić information content (AvgIpc) is 2.51. The topological polar surface area (TPSA) is 72.8 Å². The van der Waals surface area contributed by atoms with Crippen LogP contribution in [0.3, 0.4) is 0 Å². The van der Waals surface area contributed by atoms with Crippen molar-refractivity contribution in [1.82, 2.24) is 21.7 Å². The van der Waals surface area contributed by atoms with Crippen LogP contribution in [-0.2, 0) is 0 Å². The van der Waals surface area contributed by atoms with Crippen molar-refractivity contribution in [3.05, 3.63) is 60.7 Å². The second-order valence-corrected chi connectivity index (χ2v) is 4.09. The Morgan fingerprint density at radius 1 is 0.500 bits per heavy atom. The third-order valence-electron chi connectivity index (χ3n) is 2.59. The maximum atomic E-state index is 4.37. The molecule has 20 heavy (non-hydrogen) atoms. The van der Waals surface area contributed by atoms with Crippen molar-refractivity contribution in [2.45, 2.75) is 0 Å². The highest BCUT2D eigenvalue weighted by molar-refractivity contribution is 5.93. The maximum absolute atomic E-state index is 4.37. The average molecular weight is 266 g/mol. The molecule has 0 spiro atoms. The number of nitrogens with zero attached hydrogens (tertiary/aromatic N) is 2. The number of hydrazine groups is 2. The molecule has 2 aromatic carbocycles. The smallest absolute Gasteiger partial charge is 0.234 e. The van der Waals surface area contributed by atoms with E-state index in [9.17, 15) is 0 Å². The van der Waals surface area contributed by atoms with Gasteiger partial charge in [-0.05, 0) is 24.3 Å². The molecule has 4 N–H and O–H groups in total. The number of guanidine groups is 2. The van der Waals surface area contributed by atoms with Gasteiger partial charge in [-0.1, -0.05) is 36.4 Å². The normalized spacial score (nSPS) is 13.4. The molecule has 0 bridgehead atoms. The summed E-state index contributed by atoms with van der Waals surface area (Å²) in [4.78, 5) is 8.75. The van der Waals surface area contributed by atoms with Gasteiger partial charge in [0.2, 0.25) is 11.9 Å². The number of hydrogen-bond acceptors (Lipinski definition) is 2. The predicted molar refractivity (Wildman–Crippen MR) is 79.6 cm³/mol. The van der Waals surface area contributed by atoms with Gasteiger partial charge in [0.25, 0.3) is 0 Å². The van der Waals surface area contributed by atoms with E-state index in [1.165, 1.54) is 0 Å². The molecule has 0 unspecified atom stereocenters. The molecule has 0 radical (unpaired) electrons. The number of aliphatic imine (C=N–C) groups is 2. The van der Waals surface area contributed by atoms with Crippen LogP contribution in [0.5, 0.6) is 0 Å². The third-order valence-corrected chi connectivity index (χ3v) is 2.59. The lowest BCUT2D eigenvalue weighted by Gasteiger charge is -2.22. The van der Waals surface area contributed by atoms with Crippen LogP contribution in [0.4, 0.5) is 11.4 Å². The van der Waals surface area contributed by atoms with Crippen molar-refractivity contribution in [3.63, 3.8) is 0 Å². The molecule has 6 heteroatoms. The highest BCUT2D eigenvalue weighted by Crippen LogP contribution is 2.10. The fourth-order valence-electron chi connectivity index (χ4n) is 1.67. The SMILES string of the molecule is c1ccc(N=C2NNC(=Nc3ccccc3)NN2)cc1. The van der Waals surface area contributed by atoms with Gasteiger partial charge in [0.05, 0.1) is 11.4 Å². The van der Waals surface area contributed by atoms with E-state index in [-0.39, 0.29) is 0 Å². The highest BCUT2D eigenvalue weighted by Gasteiger charge is 2.08. The summed E-state index contributed by atoms with van der Waals surface area (Å²) in [7, 11) is 0. The van der Waals surface area contributed by atoms with E-state index in [4.69, 9.17) is 0 Å². The second-order valence-electron chi connectivity index (χ2n) is 4.09. The lowest BCUT2D eigenvalue weighted by molar-refractivity contribution is 0.671. The lowest BCUT2D eigenvalue weighted by Crippen LogP contribution is -2.64. The van der Waals surface area contributed by atoms with Gasteiger partial charge < -0.3 is 0 Å². The first-order valence-corrected chi connectivity index (χ1v) is 6.22. The lowest BCUT2D eigenvalue weighted by atomic mass is 10.3. The fourth-order valence-corrected chi connectivity index (χ4v) is 1.67. The number of rotatable bonds is 2. The number of para-hydroxylation sites is 2. The maximum Gasteiger partial charge on any atom is 0.234 e. The highest BCUT2D eigenvalue weighted by atomic mass is 15.6. The Morgan fingerprint density at radius 2 is 0.850 bits per heavy atom. The molecule has 3 rings (SSSR count). The number of hydrogen-bond donors (Lipinski definition) is 4. The molecule has 0 aromatic heterocycles. The van der Waals surface area contributed by atoms with Gasteiger partial charge in [-0.15, -0.1) is 0 Å². The Labute approximate surface area is 116 Å². The van der Waals surface area contributed by atoms with Crippen LogP contribution >= 0.6 is 0 Å². The van der Waals surface area contributed by atoms with E-state index in [2.05, 4.69) is 31.7 Å². The largest absolute Gasteiger partial charge is 0.266 e. The summed E-state index contributed by atoms with van der Waals surface area (Å²) in [6.45, 7) is 0. The van der Waals surface area contributed by atoms with Crippen molar-refractivity contribution >= 4 is 23.3 Å². The zero-order valence-electron chi connectivity index (χ0n) is 10.7. The molecular formula is C14H14N6. The van der Waals surface area contributed by atoms with E-state index >= 15 is 0 Å². The molecule has 0 aliphatic carbocycles. The van der Waals surface area contributed by atoms with E-state index in [1.807, 2.05) is 60.7 Å². The Kier molecular flexibility index (Phi) is 3.46. The van der Waals surface area contributed by atoms with Crippen molar-refractivity contribution in [3.8, 4) is 0 Å². The molecule has 6 nitrogen and oxygen atoms in total. The van der Waals surface area contributed by atoms with Gasteiger partial charge in [0, 0.05) is 0 Å². The van der Waals surface area contributed by atoms with Crippen LogP contribution in [-0.4, -0.2) is 11.9 Å². The summed E-state index contributed by atoms with van der Waals surface area (Å²) in [5.41, 5.74) is 13.4. The minimum absolute atomic E-state index is 0.572. The van der Waals surface area contributed by atoms with Gasteiger partial charge in [0.1, 0.15) is 0 Å². The van der Waals surface area contributed by atoms with Crippen molar-refractivity contribution < 1.29 is 0 Å². The summed E-state index contributed by atoms with van der Waals surface area (Å²) >= 11 is 0. The zero-order chi connectivity index (χ0) is 13.6. The number of nitrogens with one attached hydrogen (secondary N) is 4. The fraction of sp³-hybridized carbons (Fsp3) is 0. The van der Waals surface area contributed by atoms with Gasteiger partial charge >= 0.3 is 0 Å². The Bertz CT molecular complexity index is 551. The summed E-state index contributed by atoms with van der Waals surface area (Å²) in [6.07, 6.45) is 0. The van der Waals surface area contributed by atoms with Gasteiger partial charge in [-0.3, -0.25) is 21.7 Å². The van der Waals surface area contributed by atoms with Crippen LogP contribution in [0.15, 0.2) is 70.6 Å². The van der Waals surface area contributed by atoms with Crippen molar-refractivity contribution in [2.75, 3.05) is 0 Å². The number of benzene rings is 2. The predicted octanol–water partition coefficient (Wildman–Crippen LogP) is 1.56.